The van der Waals surface area contributed by atoms with E-state index in [2.05, 4.69) is 42.7 Å². The van der Waals surface area contributed by atoms with Gasteiger partial charge in [0.25, 0.3) is 0 Å². The van der Waals surface area contributed by atoms with Crippen LogP contribution in [-0.2, 0) is 13.0 Å². The number of hydrogen-bond donors (Lipinski definition) is 0. The van der Waals surface area contributed by atoms with Crippen molar-refractivity contribution in [3.8, 4) is 6.07 Å². The number of imidazole rings is 1. The molecule has 0 aliphatic rings. The Bertz CT molecular complexity index is 1310. The first-order valence-electron chi connectivity index (χ1n) is 10.3. The average molecular weight is 427 g/mol. The third-order valence-electron chi connectivity index (χ3n) is 5.38. The number of aromatic nitrogens is 3. The molecule has 0 radical (unpaired) electrons. The molecular formula is C26H23ClN4. The molecule has 0 unspecified atom stereocenters. The van der Waals surface area contributed by atoms with Gasteiger partial charge in [0.15, 0.2) is 5.65 Å². The number of pyridine rings is 1. The number of nitriles is 1. The molecule has 0 fully saturated rings. The van der Waals surface area contributed by atoms with E-state index < -0.39 is 0 Å². The van der Waals surface area contributed by atoms with Gasteiger partial charge in [0.05, 0.1) is 6.54 Å². The van der Waals surface area contributed by atoms with Crippen LogP contribution in [0, 0.1) is 25.2 Å². The van der Waals surface area contributed by atoms with E-state index >= 15 is 0 Å². The van der Waals surface area contributed by atoms with Gasteiger partial charge in [-0.1, -0.05) is 73.1 Å². The van der Waals surface area contributed by atoms with E-state index in [-0.39, 0.29) is 5.03 Å². The van der Waals surface area contributed by atoms with Gasteiger partial charge in [-0.15, -0.1) is 0 Å². The van der Waals surface area contributed by atoms with Crippen LogP contribution in [0.3, 0.4) is 0 Å². The lowest BCUT2D eigenvalue weighted by atomic mass is 9.96. The Hall–Kier alpha value is -3.42. The molecule has 4 nitrogen and oxygen atoms in total. The predicted octanol–water partition coefficient (Wildman–Crippen LogP) is 6.18. The molecule has 0 amide bonds. The minimum Gasteiger partial charge on any atom is -0.308 e. The summed E-state index contributed by atoms with van der Waals surface area (Å²) >= 11 is 6.29. The third-order valence-corrected chi connectivity index (χ3v) is 5.65. The number of hydrogen-bond acceptors (Lipinski definition) is 3. The highest BCUT2D eigenvalue weighted by Crippen LogP contribution is 2.29. The Morgan fingerprint density at radius 3 is 2.32 bits per heavy atom. The highest BCUT2D eigenvalue weighted by Gasteiger charge is 2.15. The van der Waals surface area contributed by atoms with Crippen LogP contribution in [0.2, 0.25) is 0 Å². The number of nitrogens with zero attached hydrogens (tertiary/aromatic N) is 4. The Balaban J connectivity index is 1.72. The molecule has 4 aromatic rings. The number of benzene rings is 2. The number of fused-ring (bicyclic) bond motifs is 1. The van der Waals surface area contributed by atoms with E-state index in [0.717, 1.165) is 56.9 Å². The summed E-state index contributed by atoms with van der Waals surface area (Å²) in [5.41, 5.74) is 7.75. The number of rotatable bonds is 5. The van der Waals surface area contributed by atoms with Crippen LogP contribution >= 0.6 is 11.6 Å². The van der Waals surface area contributed by atoms with Crippen molar-refractivity contribution in [1.29, 1.82) is 5.26 Å². The lowest BCUT2D eigenvalue weighted by Crippen LogP contribution is -2.06. The summed E-state index contributed by atoms with van der Waals surface area (Å²) in [4.78, 5) is 9.59. The minimum atomic E-state index is 0.183. The van der Waals surface area contributed by atoms with Gasteiger partial charge in [-0.2, -0.15) is 5.26 Å². The zero-order chi connectivity index (χ0) is 22.0. The van der Waals surface area contributed by atoms with E-state index in [1.807, 2.05) is 49.4 Å². The first-order chi connectivity index (χ1) is 15.0. The van der Waals surface area contributed by atoms with Crippen molar-refractivity contribution >= 4 is 28.3 Å². The molecule has 2 aromatic heterocycles. The van der Waals surface area contributed by atoms with Gasteiger partial charge in [0.1, 0.15) is 22.4 Å². The third kappa shape index (κ3) is 4.10. The van der Waals surface area contributed by atoms with Gasteiger partial charge >= 0.3 is 0 Å². The molecule has 0 aliphatic carbocycles. The summed E-state index contributed by atoms with van der Waals surface area (Å²) < 4.78 is 2.19. The monoisotopic (exact) mass is 426 g/mol. The van der Waals surface area contributed by atoms with Crippen LogP contribution in [0.4, 0.5) is 0 Å². The molecule has 0 saturated carbocycles. The fraction of sp³-hybridized carbons (Fsp3) is 0.192. The zero-order valence-electron chi connectivity index (χ0n) is 17.9. The van der Waals surface area contributed by atoms with Crippen molar-refractivity contribution in [3.05, 3.63) is 99.5 Å². The largest absolute Gasteiger partial charge is 0.308 e. The summed E-state index contributed by atoms with van der Waals surface area (Å²) in [6.07, 6.45) is 0.839. The zero-order valence-corrected chi connectivity index (χ0v) is 18.6. The van der Waals surface area contributed by atoms with Gasteiger partial charge in [0.2, 0.25) is 0 Å². The molecule has 31 heavy (non-hydrogen) atoms. The van der Waals surface area contributed by atoms with E-state index in [9.17, 15) is 5.26 Å². The fourth-order valence-electron chi connectivity index (χ4n) is 3.92. The van der Waals surface area contributed by atoms with E-state index in [1.165, 1.54) is 0 Å². The van der Waals surface area contributed by atoms with Gasteiger partial charge in [-0.25, -0.2) is 9.97 Å². The highest BCUT2D eigenvalue weighted by atomic mass is 35.5. The molecule has 0 bridgehead atoms. The van der Waals surface area contributed by atoms with Gasteiger partial charge < -0.3 is 4.57 Å². The number of halogens is 1. The molecule has 0 aliphatic heterocycles. The highest BCUT2D eigenvalue weighted by molar-refractivity contribution is 6.35. The molecule has 0 saturated heterocycles. The molecule has 154 valence electrons. The van der Waals surface area contributed by atoms with E-state index in [0.29, 0.717) is 6.54 Å². The normalized spacial score (nSPS) is 12.0. The van der Waals surface area contributed by atoms with Crippen molar-refractivity contribution in [2.45, 2.75) is 33.7 Å². The summed E-state index contributed by atoms with van der Waals surface area (Å²) in [7, 11) is 0. The summed E-state index contributed by atoms with van der Waals surface area (Å²) in [5.74, 6) is 1.03. The summed E-state index contributed by atoms with van der Waals surface area (Å²) in [6.45, 7) is 6.90. The molecule has 5 heteroatoms. The Labute approximate surface area is 187 Å². The van der Waals surface area contributed by atoms with Crippen LogP contribution in [-0.4, -0.2) is 14.5 Å². The maximum Gasteiger partial charge on any atom is 0.160 e. The minimum absolute atomic E-state index is 0.183. The molecule has 0 N–H and O–H groups in total. The van der Waals surface area contributed by atoms with Crippen molar-refractivity contribution in [3.63, 3.8) is 0 Å². The van der Waals surface area contributed by atoms with E-state index in [1.54, 1.807) is 0 Å². The van der Waals surface area contributed by atoms with Crippen molar-refractivity contribution in [1.82, 2.24) is 14.5 Å². The second-order valence-corrected chi connectivity index (χ2v) is 7.96. The van der Waals surface area contributed by atoms with Crippen LogP contribution in [0.5, 0.6) is 0 Å². The Kier molecular flexibility index (Phi) is 5.88. The molecule has 2 aromatic carbocycles. The Morgan fingerprint density at radius 2 is 1.68 bits per heavy atom. The fourth-order valence-corrected chi connectivity index (χ4v) is 4.14. The second-order valence-electron chi connectivity index (χ2n) is 7.58. The Morgan fingerprint density at radius 1 is 1.00 bits per heavy atom. The van der Waals surface area contributed by atoms with Crippen molar-refractivity contribution < 1.29 is 0 Å². The van der Waals surface area contributed by atoms with Gasteiger partial charge in [0, 0.05) is 17.7 Å². The lowest BCUT2D eigenvalue weighted by molar-refractivity contribution is 0.745. The van der Waals surface area contributed by atoms with Gasteiger partial charge in [-0.3, -0.25) is 0 Å². The molecule has 4 rings (SSSR count). The first-order valence-corrected chi connectivity index (χ1v) is 10.7. The summed E-state index contributed by atoms with van der Waals surface area (Å²) in [6, 6.07) is 22.1. The predicted molar refractivity (Wildman–Crippen MR) is 126 cm³/mol. The quantitative estimate of drug-likeness (QED) is 0.358. The topological polar surface area (TPSA) is 54.5 Å². The van der Waals surface area contributed by atoms with Crippen LogP contribution in [0.1, 0.15) is 40.7 Å². The first kappa shape index (κ1) is 20.8. The molecular weight excluding hydrogens is 404 g/mol. The van der Waals surface area contributed by atoms with E-state index in [4.69, 9.17) is 21.6 Å². The SMILES string of the molecule is CCc1nc2c(C)cc(C)nc2n1Cc1ccc(C(=C(Cl)C#N)c2ccccc2)cc1. The van der Waals surface area contributed by atoms with Crippen LogP contribution in [0.25, 0.3) is 16.7 Å². The number of aryl methyl sites for hydroxylation is 3. The maximum absolute atomic E-state index is 9.40. The lowest BCUT2D eigenvalue weighted by Gasteiger charge is -2.12. The molecule has 2 heterocycles. The maximum atomic E-state index is 9.40. The smallest absolute Gasteiger partial charge is 0.160 e. The second kappa shape index (κ2) is 8.75. The van der Waals surface area contributed by atoms with Crippen LogP contribution in [0.15, 0.2) is 65.7 Å². The van der Waals surface area contributed by atoms with Crippen LogP contribution < -0.4 is 0 Å². The van der Waals surface area contributed by atoms with Gasteiger partial charge in [-0.05, 0) is 42.2 Å². The molecule has 0 spiro atoms. The molecule has 0 atom stereocenters. The number of allylic oxidation sites excluding steroid dienone is 1. The standard InChI is InChI=1S/C26H23ClN4/c1-4-23-30-25-17(2)14-18(3)29-26(25)31(23)16-19-10-12-21(13-11-19)24(22(27)15-28)20-8-6-5-7-9-20/h5-14H,4,16H2,1-3H3. The average Bonchev–Trinajstić information content (AvgIpc) is 3.13. The van der Waals surface area contributed by atoms with Crippen molar-refractivity contribution in [2.75, 3.05) is 0 Å². The summed E-state index contributed by atoms with van der Waals surface area (Å²) in [5, 5.41) is 9.58. The van der Waals surface area contributed by atoms with Crippen molar-refractivity contribution in [2.24, 2.45) is 0 Å².